The van der Waals surface area contributed by atoms with Gasteiger partial charge in [0.15, 0.2) is 0 Å². The van der Waals surface area contributed by atoms with E-state index in [4.69, 9.17) is 5.11 Å². The summed E-state index contributed by atoms with van der Waals surface area (Å²) in [6, 6.07) is 0. The van der Waals surface area contributed by atoms with Crippen LogP contribution in [-0.4, -0.2) is 17.4 Å². The average molecular weight is 132 g/mol. The van der Waals surface area contributed by atoms with Crippen molar-refractivity contribution in [3.63, 3.8) is 0 Å². The third kappa shape index (κ3) is 3.97. The van der Waals surface area contributed by atoms with Crippen LogP contribution in [-0.2, 0) is 9.53 Å². The van der Waals surface area contributed by atoms with E-state index in [1.165, 1.54) is 6.92 Å². The van der Waals surface area contributed by atoms with Crippen molar-refractivity contribution in [3.05, 3.63) is 0 Å². The Bertz CT molecular complexity index is 98.5. The van der Waals surface area contributed by atoms with Gasteiger partial charge in [0, 0.05) is 12.8 Å². The Morgan fingerprint density at radius 1 is 1.56 bits per heavy atom. The molecule has 1 N–H and O–H groups in total. The molecule has 0 rings (SSSR count). The van der Waals surface area contributed by atoms with Gasteiger partial charge in [-0.15, -0.1) is 0 Å². The highest BCUT2D eigenvalue weighted by Crippen LogP contribution is 2.01. The number of hydrogen-bond donors (Lipinski definition) is 1. The summed E-state index contributed by atoms with van der Waals surface area (Å²) >= 11 is 0. The molecule has 9 heavy (non-hydrogen) atoms. The van der Waals surface area contributed by atoms with Gasteiger partial charge < -0.3 is 9.84 Å². The standard InChI is InChI=1S/C6H12O3/c1-4(2)6(8)9-5(3)7/h4,6,8H,1-3H3. The summed E-state index contributed by atoms with van der Waals surface area (Å²) in [5.41, 5.74) is 0. The fraction of sp³-hybridized carbons (Fsp3) is 0.833. The van der Waals surface area contributed by atoms with E-state index in [2.05, 4.69) is 4.74 Å². The highest BCUT2D eigenvalue weighted by molar-refractivity contribution is 5.66. The lowest BCUT2D eigenvalue weighted by Crippen LogP contribution is -2.21. The van der Waals surface area contributed by atoms with Crippen molar-refractivity contribution in [1.82, 2.24) is 0 Å². The van der Waals surface area contributed by atoms with Crippen molar-refractivity contribution in [2.24, 2.45) is 5.92 Å². The lowest BCUT2D eigenvalue weighted by atomic mass is 10.2. The van der Waals surface area contributed by atoms with Crippen LogP contribution in [0.25, 0.3) is 0 Å². The van der Waals surface area contributed by atoms with Crippen LogP contribution in [0.4, 0.5) is 0 Å². The van der Waals surface area contributed by atoms with Crippen LogP contribution in [0.1, 0.15) is 20.8 Å². The smallest absolute Gasteiger partial charge is 0.304 e. The maximum atomic E-state index is 10.2. The zero-order valence-electron chi connectivity index (χ0n) is 5.92. The Hall–Kier alpha value is -0.570. The quantitative estimate of drug-likeness (QED) is 0.440. The average Bonchev–Trinajstić information content (AvgIpc) is 1.63. The molecule has 0 amide bonds. The summed E-state index contributed by atoms with van der Waals surface area (Å²) in [5.74, 6) is -0.481. The lowest BCUT2D eigenvalue weighted by Gasteiger charge is -2.12. The molecule has 0 fully saturated rings. The molecule has 0 spiro atoms. The van der Waals surface area contributed by atoms with Gasteiger partial charge in [-0.2, -0.15) is 0 Å². The third-order valence-corrected chi connectivity index (χ3v) is 0.857. The zero-order valence-corrected chi connectivity index (χ0v) is 5.92. The molecule has 0 bridgehead atoms. The monoisotopic (exact) mass is 132 g/mol. The molecule has 0 aromatic carbocycles. The molecule has 0 aromatic rings. The van der Waals surface area contributed by atoms with Crippen molar-refractivity contribution in [2.75, 3.05) is 0 Å². The second-order valence-electron chi connectivity index (χ2n) is 2.24. The van der Waals surface area contributed by atoms with Gasteiger partial charge >= 0.3 is 5.97 Å². The predicted octanol–water partition coefficient (Wildman–Crippen LogP) is 0.524. The fourth-order valence-electron chi connectivity index (χ4n) is 0.306. The molecule has 0 radical (unpaired) electrons. The molecule has 0 saturated carbocycles. The van der Waals surface area contributed by atoms with Crippen molar-refractivity contribution in [2.45, 2.75) is 27.1 Å². The van der Waals surface area contributed by atoms with E-state index in [9.17, 15) is 4.79 Å². The van der Waals surface area contributed by atoms with Crippen LogP contribution in [0.5, 0.6) is 0 Å². The van der Waals surface area contributed by atoms with Crippen LogP contribution < -0.4 is 0 Å². The Morgan fingerprint density at radius 3 is 2.11 bits per heavy atom. The minimum Gasteiger partial charge on any atom is -0.436 e. The van der Waals surface area contributed by atoms with Crippen LogP contribution >= 0.6 is 0 Å². The number of carbonyl (C=O) groups is 1. The van der Waals surface area contributed by atoms with Gasteiger partial charge in [0.05, 0.1) is 0 Å². The van der Waals surface area contributed by atoms with E-state index in [1.54, 1.807) is 13.8 Å². The maximum Gasteiger partial charge on any atom is 0.304 e. The SMILES string of the molecule is CC(=O)OC(O)C(C)C. The summed E-state index contributed by atoms with van der Waals surface area (Å²) < 4.78 is 4.43. The highest BCUT2D eigenvalue weighted by Gasteiger charge is 2.10. The zero-order chi connectivity index (χ0) is 7.44. The molecular weight excluding hydrogens is 120 g/mol. The highest BCUT2D eigenvalue weighted by atomic mass is 16.6. The van der Waals surface area contributed by atoms with Crippen LogP contribution in [0, 0.1) is 5.92 Å². The number of aliphatic hydroxyl groups is 1. The van der Waals surface area contributed by atoms with Gasteiger partial charge in [0.25, 0.3) is 0 Å². The minimum atomic E-state index is -0.956. The lowest BCUT2D eigenvalue weighted by molar-refractivity contribution is -0.172. The summed E-state index contributed by atoms with van der Waals surface area (Å²) in [6.07, 6.45) is -0.956. The van der Waals surface area contributed by atoms with Crippen molar-refractivity contribution < 1.29 is 14.6 Å². The molecule has 1 atom stereocenters. The minimum absolute atomic E-state index is 0.0334. The number of esters is 1. The number of hydrogen-bond acceptors (Lipinski definition) is 3. The van der Waals surface area contributed by atoms with Gasteiger partial charge in [-0.1, -0.05) is 13.8 Å². The largest absolute Gasteiger partial charge is 0.436 e. The number of aliphatic hydroxyl groups excluding tert-OH is 1. The van der Waals surface area contributed by atoms with Gasteiger partial charge in [-0.25, -0.2) is 0 Å². The normalized spacial score (nSPS) is 13.4. The summed E-state index contributed by atoms with van der Waals surface area (Å²) in [4.78, 5) is 10.2. The molecule has 0 saturated heterocycles. The molecule has 54 valence electrons. The van der Waals surface area contributed by atoms with Gasteiger partial charge in [-0.05, 0) is 0 Å². The number of carbonyl (C=O) groups excluding carboxylic acids is 1. The molecule has 3 heteroatoms. The van der Waals surface area contributed by atoms with Crippen LogP contribution in [0.15, 0.2) is 0 Å². The van der Waals surface area contributed by atoms with Crippen LogP contribution in [0.2, 0.25) is 0 Å². The van der Waals surface area contributed by atoms with Gasteiger partial charge in [-0.3, -0.25) is 4.79 Å². The Labute approximate surface area is 54.6 Å². The molecule has 0 aliphatic heterocycles. The summed E-state index contributed by atoms with van der Waals surface area (Å²) in [6.45, 7) is 4.81. The van der Waals surface area contributed by atoms with E-state index >= 15 is 0 Å². The second-order valence-corrected chi connectivity index (χ2v) is 2.24. The van der Waals surface area contributed by atoms with Crippen molar-refractivity contribution in [1.29, 1.82) is 0 Å². The first-order valence-corrected chi connectivity index (χ1v) is 2.89. The molecular formula is C6H12O3. The Balaban J connectivity index is 3.50. The molecule has 0 heterocycles. The first kappa shape index (κ1) is 8.43. The maximum absolute atomic E-state index is 10.2. The molecule has 0 aliphatic carbocycles. The van der Waals surface area contributed by atoms with Crippen LogP contribution in [0.3, 0.4) is 0 Å². The van der Waals surface area contributed by atoms with Gasteiger partial charge in [0.2, 0.25) is 6.29 Å². The first-order chi connectivity index (χ1) is 4.04. The predicted molar refractivity (Wildman–Crippen MR) is 32.6 cm³/mol. The summed E-state index contributed by atoms with van der Waals surface area (Å²) in [5, 5.41) is 8.85. The fourth-order valence-corrected chi connectivity index (χ4v) is 0.306. The third-order valence-electron chi connectivity index (χ3n) is 0.857. The molecule has 3 nitrogen and oxygen atoms in total. The van der Waals surface area contributed by atoms with Gasteiger partial charge in [0.1, 0.15) is 0 Å². The van der Waals surface area contributed by atoms with Crippen molar-refractivity contribution in [3.8, 4) is 0 Å². The Morgan fingerprint density at radius 2 is 2.00 bits per heavy atom. The van der Waals surface area contributed by atoms with E-state index in [-0.39, 0.29) is 5.92 Å². The van der Waals surface area contributed by atoms with E-state index < -0.39 is 12.3 Å². The number of ether oxygens (including phenoxy) is 1. The molecule has 1 unspecified atom stereocenters. The topological polar surface area (TPSA) is 46.5 Å². The van der Waals surface area contributed by atoms with E-state index in [1.807, 2.05) is 0 Å². The Kier molecular flexibility index (Phi) is 3.24. The second kappa shape index (κ2) is 3.45. The number of rotatable bonds is 2. The molecule has 0 aromatic heterocycles. The van der Waals surface area contributed by atoms with E-state index in [0.717, 1.165) is 0 Å². The van der Waals surface area contributed by atoms with E-state index in [0.29, 0.717) is 0 Å². The first-order valence-electron chi connectivity index (χ1n) is 2.89. The van der Waals surface area contributed by atoms with Crippen molar-refractivity contribution >= 4 is 5.97 Å². The molecule has 0 aliphatic rings. The summed E-state index contributed by atoms with van der Waals surface area (Å²) in [7, 11) is 0.